The van der Waals surface area contributed by atoms with Gasteiger partial charge in [-0.1, -0.05) is 23.7 Å². The first-order valence-corrected chi connectivity index (χ1v) is 6.71. The predicted molar refractivity (Wildman–Crippen MR) is 79.8 cm³/mol. The Bertz CT molecular complexity index is 658. The number of hydrogen-bond donors (Lipinski definition) is 1. The smallest absolute Gasteiger partial charge is 0.162 e. The first kappa shape index (κ1) is 15.6. The van der Waals surface area contributed by atoms with Gasteiger partial charge in [0.15, 0.2) is 11.5 Å². The summed E-state index contributed by atoms with van der Waals surface area (Å²) in [5.74, 6) is 0.389. The molecule has 0 aliphatic heterocycles. The molecule has 2 aromatic carbocycles. The fourth-order valence-corrected chi connectivity index (χ4v) is 2.36. The van der Waals surface area contributed by atoms with E-state index in [1.807, 2.05) is 0 Å². The third-order valence-electron chi connectivity index (χ3n) is 3.25. The van der Waals surface area contributed by atoms with E-state index in [1.165, 1.54) is 26.4 Å². The monoisotopic (exact) mass is 310 g/mol. The van der Waals surface area contributed by atoms with Crippen LogP contribution in [0.1, 0.15) is 22.8 Å². The molecule has 0 heterocycles. The molecule has 0 spiro atoms. The molecule has 0 fully saturated rings. The van der Waals surface area contributed by atoms with E-state index in [4.69, 9.17) is 21.1 Å². The Morgan fingerprint density at radius 3 is 2.24 bits per heavy atom. The number of methoxy groups -OCH3 is 2. The zero-order valence-electron chi connectivity index (χ0n) is 12.0. The van der Waals surface area contributed by atoms with Crippen molar-refractivity contribution in [2.75, 3.05) is 14.2 Å². The summed E-state index contributed by atoms with van der Waals surface area (Å²) in [4.78, 5) is 0. The van der Waals surface area contributed by atoms with Gasteiger partial charge in [0.2, 0.25) is 0 Å². The van der Waals surface area contributed by atoms with Gasteiger partial charge < -0.3 is 14.6 Å². The molecular formula is C16H16ClFO3. The fourth-order valence-electron chi connectivity index (χ4n) is 2.10. The third-order valence-corrected chi connectivity index (χ3v) is 3.58. The number of rotatable bonds is 4. The maximum absolute atomic E-state index is 14.0. The Kier molecular flexibility index (Phi) is 4.70. The second-order valence-electron chi connectivity index (χ2n) is 4.66. The number of hydrogen-bond acceptors (Lipinski definition) is 3. The molecule has 21 heavy (non-hydrogen) atoms. The third kappa shape index (κ3) is 3.12. The van der Waals surface area contributed by atoms with E-state index in [-0.39, 0.29) is 10.6 Å². The van der Waals surface area contributed by atoms with E-state index < -0.39 is 11.9 Å². The lowest BCUT2D eigenvalue weighted by atomic mass is 9.99. The molecule has 0 aromatic heterocycles. The minimum atomic E-state index is -1.18. The van der Waals surface area contributed by atoms with Gasteiger partial charge in [-0.2, -0.15) is 0 Å². The number of aryl methyl sites for hydroxylation is 1. The molecule has 0 aliphatic rings. The van der Waals surface area contributed by atoms with Crippen LogP contribution in [0.2, 0.25) is 5.02 Å². The molecule has 5 heteroatoms. The molecule has 0 saturated heterocycles. The van der Waals surface area contributed by atoms with Crippen molar-refractivity contribution >= 4 is 11.6 Å². The molecular weight excluding hydrogens is 295 g/mol. The van der Waals surface area contributed by atoms with Crippen molar-refractivity contribution in [2.24, 2.45) is 0 Å². The Morgan fingerprint density at radius 2 is 1.67 bits per heavy atom. The van der Waals surface area contributed by atoms with Crippen LogP contribution in [0, 0.1) is 12.7 Å². The minimum Gasteiger partial charge on any atom is -0.493 e. The normalized spacial score (nSPS) is 12.1. The highest BCUT2D eigenvalue weighted by Crippen LogP contribution is 2.38. The molecule has 1 atom stereocenters. The zero-order chi connectivity index (χ0) is 15.6. The van der Waals surface area contributed by atoms with Crippen molar-refractivity contribution in [3.63, 3.8) is 0 Å². The van der Waals surface area contributed by atoms with Gasteiger partial charge in [0.1, 0.15) is 11.9 Å². The lowest BCUT2D eigenvalue weighted by Gasteiger charge is -2.17. The van der Waals surface area contributed by atoms with Crippen molar-refractivity contribution < 1.29 is 19.0 Å². The summed E-state index contributed by atoms with van der Waals surface area (Å²) in [7, 11) is 2.97. The molecule has 0 saturated carbocycles. The summed E-state index contributed by atoms with van der Waals surface area (Å²) in [5.41, 5.74) is 1.30. The predicted octanol–water partition coefficient (Wildman–Crippen LogP) is 3.89. The van der Waals surface area contributed by atoms with Crippen LogP contribution in [0.25, 0.3) is 0 Å². The first-order chi connectivity index (χ1) is 9.97. The first-order valence-electron chi connectivity index (χ1n) is 6.33. The van der Waals surface area contributed by atoms with E-state index in [0.717, 1.165) is 5.56 Å². The highest BCUT2D eigenvalue weighted by Gasteiger charge is 2.20. The SMILES string of the molecule is COc1cc(Cl)c(C(O)c2ccc(C)cc2F)cc1OC. The van der Waals surface area contributed by atoms with Gasteiger partial charge in [0, 0.05) is 17.2 Å². The van der Waals surface area contributed by atoms with Crippen LogP contribution in [0.5, 0.6) is 11.5 Å². The van der Waals surface area contributed by atoms with Crippen LogP contribution in [-0.4, -0.2) is 19.3 Å². The topological polar surface area (TPSA) is 38.7 Å². The van der Waals surface area contributed by atoms with Crippen molar-refractivity contribution in [3.05, 3.63) is 57.9 Å². The van der Waals surface area contributed by atoms with Crippen molar-refractivity contribution in [1.82, 2.24) is 0 Å². The number of aliphatic hydroxyl groups excluding tert-OH is 1. The molecule has 0 radical (unpaired) electrons. The quantitative estimate of drug-likeness (QED) is 0.931. The highest BCUT2D eigenvalue weighted by molar-refractivity contribution is 6.31. The molecule has 2 aromatic rings. The Balaban J connectivity index is 2.50. The van der Waals surface area contributed by atoms with Gasteiger partial charge >= 0.3 is 0 Å². The fraction of sp³-hybridized carbons (Fsp3) is 0.250. The van der Waals surface area contributed by atoms with E-state index in [1.54, 1.807) is 25.1 Å². The largest absolute Gasteiger partial charge is 0.493 e. The standard InChI is InChI=1S/C16H16ClFO3/c1-9-4-5-10(13(18)6-9)16(19)11-7-14(20-2)15(21-3)8-12(11)17/h4-8,16,19H,1-3H3. The van der Waals surface area contributed by atoms with Crippen LogP contribution in [0.4, 0.5) is 4.39 Å². The van der Waals surface area contributed by atoms with Crippen LogP contribution in [0.3, 0.4) is 0 Å². The number of halogens is 2. The molecule has 1 N–H and O–H groups in total. The van der Waals surface area contributed by atoms with Crippen LogP contribution in [-0.2, 0) is 0 Å². The van der Waals surface area contributed by atoms with E-state index in [9.17, 15) is 9.50 Å². The summed E-state index contributed by atoms with van der Waals surface area (Å²) < 4.78 is 24.3. The summed E-state index contributed by atoms with van der Waals surface area (Å²) in [6.45, 7) is 1.78. The van der Waals surface area contributed by atoms with Crippen molar-refractivity contribution in [1.29, 1.82) is 0 Å². The van der Waals surface area contributed by atoms with E-state index in [0.29, 0.717) is 17.1 Å². The highest BCUT2D eigenvalue weighted by atomic mass is 35.5. The van der Waals surface area contributed by atoms with Gasteiger partial charge in [-0.05, 0) is 24.6 Å². The van der Waals surface area contributed by atoms with Crippen LogP contribution >= 0.6 is 11.6 Å². The Labute approximate surface area is 127 Å². The van der Waals surface area contributed by atoms with Gasteiger partial charge in [-0.25, -0.2) is 4.39 Å². The Hall–Kier alpha value is -1.78. The molecule has 2 rings (SSSR count). The second-order valence-corrected chi connectivity index (χ2v) is 5.06. The Morgan fingerprint density at radius 1 is 1.05 bits per heavy atom. The van der Waals surface area contributed by atoms with Crippen molar-refractivity contribution in [3.8, 4) is 11.5 Å². The maximum Gasteiger partial charge on any atom is 0.162 e. The van der Waals surface area contributed by atoms with Gasteiger partial charge in [-0.15, -0.1) is 0 Å². The molecule has 0 amide bonds. The lowest BCUT2D eigenvalue weighted by Crippen LogP contribution is -2.05. The second kappa shape index (κ2) is 6.33. The van der Waals surface area contributed by atoms with Gasteiger partial charge in [0.05, 0.1) is 19.2 Å². The summed E-state index contributed by atoms with van der Waals surface area (Å²) in [6.07, 6.45) is -1.18. The van der Waals surface area contributed by atoms with Crippen LogP contribution in [0.15, 0.2) is 30.3 Å². The zero-order valence-corrected chi connectivity index (χ0v) is 12.7. The summed E-state index contributed by atoms with van der Waals surface area (Å²) in [5, 5.41) is 10.7. The average molecular weight is 311 g/mol. The average Bonchev–Trinajstić information content (AvgIpc) is 2.46. The molecule has 1 unspecified atom stereocenters. The maximum atomic E-state index is 14.0. The molecule has 112 valence electrons. The number of ether oxygens (including phenoxy) is 2. The number of benzene rings is 2. The van der Waals surface area contributed by atoms with Gasteiger partial charge in [0.25, 0.3) is 0 Å². The van der Waals surface area contributed by atoms with E-state index in [2.05, 4.69) is 0 Å². The molecule has 0 bridgehead atoms. The molecule has 3 nitrogen and oxygen atoms in total. The number of aliphatic hydroxyl groups is 1. The van der Waals surface area contributed by atoms with E-state index >= 15 is 0 Å². The van der Waals surface area contributed by atoms with Crippen molar-refractivity contribution in [2.45, 2.75) is 13.0 Å². The van der Waals surface area contributed by atoms with Gasteiger partial charge in [-0.3, -0.25) is 0 Å². The lowest BCUT2D eigenvalue weighted by molar-refractivity contribution is 0.214. The minimum absolute atomic E-state index is 0.162. The molecule has 0 aliphatic carbocycles. The summed E-state index contributed by atoms with van der Waals surface area (Å²) in [6, 6.07) is 7.72. The van der Waals surface area contributed by atoms with Crippen LogP contribution < -0.4 is 9.47 Å². The summed E-state index contributed by atoms with van der Waals surface area (Å²) >= 11 is 6.15.